The molecule has 1 fully saturated rings. The molecule has 0 bridgehead atoms. The van der Waals surface area contributed by atoms with Crippen molar-refractivity contribution in [3.63, 3.8) is 0 Å². The molecule has 1 amide bonds. The molecule has 1 aliphatic heterocycles. The maximum Gasteiger partial charge on any atom is 0.329 e. The number of piperidine rings is 1. The van der Waals surface area contributed by atoms with Crippen molar-refractivity contribution in [2.75, 3.05) is 20.1 Å². The van der Waals surface area contributed by atoms with Gasteiger partial charge in [-0.25, -0.2) is 13.2 Å². The molecule has 0 atom stereocenters. The van der Waals surface area contributed by atoms with Gasteiger partial charge in [0.25, 0.3) is 5.91 Å². The van der Waals surface area contributed by atoms with Gasteiger partial charge in [-0.2, -0.15) is 4.31 Å². The van der Waals surface area contributed by atoms with Crippen LogP contribution in [0, 0.1) is 0 Å². The van der Waals surface area contributed by atoms with E-state index in [0.29, 0.717) is 13.1 Å². The van der Waals surface area contributed by atoms with E-state index in [9.17, 15) is 23.1 Å². The molecule has 0 unspecified atom stereocenters. The van der Waals surface area contributed by atoms with E-state index in [0.717, 1.165) is 24.2 Å². The van der Waals surface area contributed by atoms with Gasteiger partial charge in [-0.05, 0) is 51.0 Å². The summed E-state index contributed by atoms with van der Waals surface area (Å²) in [5.41, 5.74) is -1.12. The van der Waals surface area contributed by atoms with Crippen molar-refractivity contribution in [2.24, 2.45) is 0 Å². The summed E-state index contributed by atoms with van der Waals surface area (Å²) < 4.78 is 26.7. The average Bonchev–Trinajstić information content (AvgIpc) is 2.61. The molecular formula is C17H24N2O5S. The third-order valence-electron chi connectivity index (χ3n) is 4.72. The van der Waals surface area contributed by atoms with E-state index in [1.165, 1.54) is 49.5 Å². The van der Waals surface area contributed by atoms with Crippen molar-refractivity contribution in [3.05, 3.63) is 29.8 Å². The standard InChI is InChI=1S/C17H24N2O5S/c1-17(2,16(21)22)18(3)15(20)13-7-9-14(10-8-13)25(23,24)19-11-5-4-6-12-19/h7-10H,4-6,11-12H2,1-3H3,(H,21,22). The van der Waals surface area contributed by atoms with Gasteiger partial charge >= 0.3 is 5.97 Å². The van der Waals surface area contributed by atoms with Crippen LogP contribution in [0.15, 0.2) is 29.2 Å². The zero-order valence-electron chi connectivity index (χ0n) is 14.7. The van der Waals surface area contributed by atoms with Gasteiger partial charge in [-0.3, -0.25) is 4.79 Å². The lowest BCUT2D eigenvalue weighted by molar-refractivity contribution is -0.147. The minimum Gasteiger partial charge on any atom is -0.480 e. The Balaban J connectivity index is 2.22. The number of nitrogens with zero attached hydrogens (tertiary/aromatic N) is 2. The van der Waals surface area contributed by atoms with Crippen molar-refractivity contribution < 1.29 is 23.1 Å². The minimum absolute atomic E-state index is 0.145. The SMILES string of the molecule is CN(C(=O)c1ccc(S(=O)(=O)N2CCCCC2)cc1)C(C)(C)C(=O)O. The van der Waals surface area contributed by atoms with Crippen LogP contribution in [0.4, 0.5) is 0 Å². The second kappa shape index (κ2) is 7.13. The lowest BCUT2D eigenvalue weighted by Gasteiger charge is -2.31. The highest BCUT2D eigenvalue weighted by Crippen LogP contribution is 2.22. The summed E-state index contributed by atoms with van der Waals surface area (Å²) in [5, 5.41) is 9.22. The van der Waals surface area contributed by atoms with Crippen molar-refractivity contribution in [1.29, 1.82) is 0 Å². The van der Waals surface area contributed by atoms with E-state index in [1.807, 2.05) is 0 Å². The van der Waals surface area contributed by atoms with Crippen LogP contribution in [0.25, 0.3) is 0 Å². The average molecular weight is 368 g/mol. The van der Waals surface area contributed by atoms with Crippen molar-refractivity contribution in [3.8, 4) is 0 Å². The Morgan fingerprint density at radius 1 is 1.08 bits per heavy atom. The first-order chi connectivity index (χ1) is 11.6. The number of rotatable bonds is 5. The lowest BCUT2D eigenvalue weighted by Crippen LogP contribution is -2.50. The second-order valence-electron chi connectivity index (χ2n) is 6.72. The molecular weight excluding hydrogens is 344 g/mol. The molecule has 0 spiro atoms. The Hall–Kier alpha value is -1.93. The van der Waals surface area contributed by atoms with Crippen molar-refractivity contribution in [1.82, 2.24) is 9.21 Å². The van der Waals surface area contributed by atoms with Gasteiger partial charge in [0.1, 0.15) is 5.54 Å². The molecule has 0 saturated carbocycles. The normalized spacial score (nSPS) is 16.4. The molecule has 8 heteroatoms. The first-order valence-corrected chi connectivity index (χ1v) is 9.64. The first kappa shape index (κ1) is 19.4. The number of carboxylic acids is 1. The number of amides is 1. The Bertz CT molecular complexity index is 750. The molecule has 1 saturated heterocycles. The molecule has 25 heavy (non-hydrogen) atoms. The molecule has 1 aromatic rings. The van der Waals surface area contributed by atoms with Crippen LogP contribution in [0.1, 0.15) is 43.5 Å². The number of hydrogen-bond acceptors (Lipinski definition) is 4. The molecule has 0 aliphatic carbocycles. The Morgan fingerprint density at radius 3 is 2.08 bits per heavy atom. The predicted molar refractivity (Wildman–Crippen MR) is 92.9 cm³/mol. The Morgan fingerprint density at radius 2 is 1.60 bits per heavy atom. The summed E-state index contributed by atoms with van der Waals surface area (Å²) in [6.07, 6.45) is 2.74. The van der Waals surface area contributed by atoms with Crippen LogP contribution < -0.4 is 0 Å². The molecule has 0 aromatic heterocycles. The van der Waals surface area contributed by atoms with Crippen molar-refractivity contribution >= 4 is 21.9 Å². The molecule has 0 radical (unpaired) electrons. The maximum absolute atomic E-state index is 12.6. The van der Waals surface area contributed by atoms with Gasteiger partial charge in [-0.1, -0.05) is 6.42 Å². The smallest absolute Gasteiger partial charge is 0.329 e. The highest BCUT2D eigenvalue weighted by atomic mass is 32.2. The fourth-order valence-electron chi connectivity index (χ4n) is 2.61. The largest absolute Gasteiger partial charge is 0.480 e. The maximum atomic E-state index is 12.6. The number of sulfonamides is 1. The van der Waals surface area contributed by atoms with Gasteiger partial charge in [-0.15, -0.1) is 0 Å². The Kier molecular flexibility index (Phi) is 5.53. The fraction of sp³-hybridized carbons (Fsp3) is 0.529. The van der Waals surface area contributed by atoms with Gasteiger partial charge < -0.3 is 10.0 Å². The summed E-state index contributed by atoms with van der Waals surface area (Å²) in [5.74, 6) is -1.60. The number of likely N-dealkylation sites (N-methyl/N-ethyl adjacent to an activating group) is 1. The van der Waals surface area contributed by atoms with Crippen LogP contribution in [-0.2, 0) is 14.8 Å². The number of hydrogen-bond donors (Lipinski definition) is 1. The summed E-state index contributed by atoms with van der Waals surface area (Å²) in [6, 6.07) is 5.65. The van der Waals surface area contributed by atoms with Crippen LogP contribution >= 0.6 is 0 Å². The number of benzene rings is 1. The molecule has 138 valence electrons. The third kappa shape index (κ3) is 3.85. The summed E-state index contributed by atoms with van der Waals surface area (Å²) >= 11 is 0. The molecule has 7 nitrogen and oxygen atoms in total. The van der Waals surface area contributed by atoms with E-state index in [4.69, 9.17) is 0 Å². The van der Waals surface area contributed by atoms with E-state index in [2.05, 4.69) is 0 Å². The van der Waals surface area contributed by atoms with Crippen LogP contribution in [0.3, 0.4) is 0 Å². The van der Waals surface area contributed by atoms with E-state index >= 15 is 0 Å². The highest BCUT2D eigenvalue weighted by molar-refractivity contribution is 7.89. The number of carbonyl (C=O) groups excluding carboxylic acids is 1. The monoisotopic (exact) mass is 368 g/mol. The molecule has 1 N–H and O–H groups in total. The molecule has 1 heterocycles. The third-order valence-corrected chi connectivity index (χ3v) is 6.63. The first-order valence-electron chi connectivity index (χ1n) is 8.20. The van der Waals surface area contributed by atoms with E-state index in [-0.39, 0.29) is 10.5 Å². The minimum atomic E-state index is -3.55. The predicted octanol–water partition coefficient (Wildman–Crippen LogP) is 1.80. The molecule has 2 rings (SSSR count). The fourth-order valence-corrected chi connectivity index (χ4v) is 4.13. The zero-order valence-corrected chi connectivity index (χ0v) is 15.5. The van der Waals surface area contributed by atoms with Gasteiger partial charge in [0, 0.05) is 25.7 Å². The van der Waals surface area contributed by atoms with Gasteiger partial charge in [0.2, 0.25) is 10.0 Å². The lowest BCUT2D eigenvalue weighted by atomic mass is 10.0. The number of carboxylic acid groups (broad SMARTS) is 1. The summed E-state index contributed by atoms with van der Waals surface area (Å²) in [6.45, 7) is 3.89. The van der Waals surface area contributed by atoms with E-state index in [1.54, 1.807) is 0 Å². The van der Waals surface area contributed by atoms with E-state index < -0.39 is 27.4 Å². The van der Waals surface area contributed by atoms with Gasteiger partial charge in [0.05, 0.1) is 4.90 Å². The number of aliphatic carboxylic acids is 1. The molecule has 1 aliphatic rings. The highest BCUT2D eigenvalue weighted by Gasteiger charge is 2.35. The van der Waals surface area contributed by atoms with Gasteiger partial charge in [0.15, 0.2) is 0 Å². The summed E-state index contributed by atoms with van der Waals surface area (Å²) in [7, 11) is -2.14. The second-order valence-corrected chi connectivity index (χ2v) is 8.66. The summed E-state index contributed by atoms with van der Waals surface area (Å²) in [4.78, 5) is 25.0. The van der Waals surface area contributed by atoms with Crippen LogP contribution in [0.5, 0.6) is 0 Å². The van der Waals surface area contributed by atoms with Crippen LogP contribution in [-0.4, -0.2) is 60.3 Å². The Labute approximate surface area is 148 Å². The topological polar surface area (TPSA) is 95.0 Å². The molecule has 1 aromatic carbocycles. The zero-order chi connectivity index (χ0) is 18.8. The number of carbonyl (C=O) groups is 2. The van der Waals surface area contributed by atoms with Crippen LogP contribution in [0.2, 0.25) is 0 Å². The van der Waals surface area contributed by atoms with Crippen molar-refractivity contribution in [2.45, 2.75) is 43.5 Å². The quantitative estimate of drug-likeness (QED) is 0.855.